The lowest BCUT2D eigenvalue weighted by molar-refractivity contribution is -0.159. The highest BCUT2D eigenvalue weighted by Crippen LogP contribution is 2.26. The van der Waals surface area contributed by atoms with E-state index in [9.17, 15) is 0 Å². The molecule has 0 spiro atoms. The second-order valence-electron chi connectivity index (χ2n) is 5.54. The molecule has 1 aliphatic heterocycles. The van der Waals surface area contributed by atoms with Gasteiger partial charge in [-0.1, -0.05) is 18.2 Å². The molecular formula is C18H19N3O8S. The lowest BCUT2D eigenvalue weighted by atomic mass is 9.99. The Labute approximate surface area is 174 Å². The molecule has 0 aliphatic carbocycles. The van der Waals surface area contributed by atoms with E-state index >= 15 is 0 Å². The third-order valence-corrected chi connectivity index (χ3v) is 4.39. The van der Waals surface area contributed by atoms with E-state index in [1.165, 1.54) is 11.1 Å². The van der Waals surface area contributed by atoms with Crippen LogP contribution in [0.4, 0.5) is 5.69 Å². The number of benzene rings is 1. The van der Waals surface area contributed by atoms with Gasteiger partial charge in [0, 0.05) is 6.54 Å². The lowest BCUT2D eigenvalue weighted by Crippen LogP contribution is -2.23. The molecule has 160 valence electrons. The van der Waals surface area contributed by atoms with Crippen molar-refractivity contribution in [3.05, 3.63) is 51.7 Å². The number of carboxylic acid groups (broad SMARTS) is 4. The Morgan fingerprint density at radius 3 is 2.03 bits per heavy atom. The Morgan fingerprint density at radius 2 is 1.53 bits per heavy atom. The Morgan fingerprint density at radius 1 is 0.933 bits per heavy atom. The third kappa shape index (κ3) is 8.08. The van der Waals surface area contributed by atoms with Crippen molar-refractivity contribution in [2.45, 2.75) is 13.0 Å². The largest absolute Gasteiger partial charge is 0.473 e. The van der Waals surface area contributed by atoms with Crippen LogP contribution < -0.4 is 11.1 Å². The molecule has 0 unspecified atom stereocenters. The first-order chi connectivity index (χ1) is 14.1. The normalized spacial score (nSPS) is 12.2. The molecule has 2 aromatic rings. The van der Waals surface area contributed by atoms with Gasteiger partial charge in [0.1, 0.15) is 5.84 Å². The number of nitrogens with two attached hydrogens (primary N) is 1. The van der Waals surface area contributed by atoms with E-state index in [0.29, 0.717) is 5.84 Å². The van der Waals surface area contributed by atoms with Crippen LogP contribution in [0.2, 0.25) is 0 Å². The van der Waals surface area contributed by atoms with Crippen LogP contribution in [-0.2, 0) is 32.1 Å². The summed E-state index contributed by atoms with van der Waals surface area (Å²) in [6, 6.07) is 10.2. The van der Waals surface area contributed by atoms with Gasteiger partial charge >= 0.3 is 23.9 Å². The lowest BCUT2D eigenvalue weighted by Gasteiger charge is -2.18. The number of carboxylic acids is 4. The minimum Gasteiger partial charge on any atom is -0.473 e. The van der Waals surface area contributed by atoms with E-state index in [2.05, 4.69) is 16.4 Å². The predicted octanol–water partition coefficient (Wildman–Crippen LogP) is 0.742. The predicted molar refractivity (Wildman–Crippen MR) is 107 cm³/mol. The summed E-state index contributed by atoms with van der Waals surface area (Å²) in [5.41, 5.74) is 9.73. The van der Waals surface area contributed by atoms with Crippen LogP contribution in [-0.4, -0.2) is 56.7 Å². The molecule has 0 bridgehead atoms. The van der Waals surface area contributed by atoms with E-state index in [4.69, 9.17) is 45.3 Å². The van der Waals surface area contributed by atoms with Gasteiger partial charge in [-0.25, -0.2) is 24.2 Å². The van der Waals surface area contributed by atoms with Crippen LogP contribution in [0.15, 0.2) is 40.7 Å². The van der Waals surface area contributed by atoms with Crippen LogP contribution in [0.25, 0.3) is 0 Å². The summed E-state index contributed by atoms with van der Waals surface area (Å²) >= 11 is 1.62. The average Bonchev–Trinajstić information content (AvgIpc) is 3.24. The Balaban J connectivity index is 0.000000312. The van der Waals surface area contributed by atoms with Crippen LogP contribution in [0.3, 0.4) is 0 Å². The number of amidine groups is 1. The highest BCUT2D eigenvalue weighted by molar-refractivity contribution is 7.12. The standard InChI is InChI=1S/C14H15N3S.2C2H2O4/c15-14(13-5-2-8-18-13)17-12-4-1-3-10-9-16-7-6-11(10)12;2*3-1(4)2(5)6/h1-5,8,16H,6-7,9H2,(H2,15,17);2*(H,3,4)(H,5,6). The molecule has 11 nitrogen and oxygen atoms in total. The second-order valence-corrected chi connectivity index (χ2v) is 6.48. The Kier molecular flexibility index (Phi) is 9.65. The van der Waals surface area contributed by atoms with Crippen molar-refractivity contribution in [1.29, 1.82) is 0 Å². The van der Waals surface area contributed by atoms with Crippen LogP contribution >= 0.6 is 11.3 Å². The molecule has 0 saturated heterocycles. The van der Waals surface area contributed by atoms with Crippen molar-refractivity contribution in [2.75, 3.05) is 6.54 Å². The van der Waals surface area contributed by atoms with Crippen LogP contribution in [0.1, 0.15) is 16.0 Å². The highest BCUT2D eigenvalue weighted by atomic mass is 32.1. The summed E-state index contributed by atoms with van der Waals surface area (Å²) in [5.74, 6) is -6.69. The number of thiophene rings is 1. The summed E-state index contributed by atoms with van der Waals surface area (Å²) < 4.78 is 0. The van der Waals surface area contributed by atoms with Crippen LogP contribution in [0, 0.1) is 0 Å². The van der Waals surface area contributed by atoms with Gasteiger partial charge in [0.15, 0.2) is 0 Å². The number of nitrogens with one attached hydrogen (secondary N) is 1. The molecule has 1 aliphatic rings. The van der Waals surface area contributed by atoms with Gasteiger partial charge in [0.05, 0.1) is 10.6 Å². The quantitative estimate of drug-likeness (QED) is 0.221. The van der Waals surface area contributed by atoms with Gasteiger partial charge in [0.2, 0.25) is 0 Å². The molecule has 1 aromatic carbocycles. The molecule has 12 heteroatoms. The van der Waals surface area contributed by atoms with Gasteiger partial charge in [0.25, 0.3) is 0 Å². The number of hydrogen-bond donors (Lipinski definition) is 6. The number of nitrogens with zero attached hydrogens (tertiary/aromatic N) is 1. The van der Waals surface area contributed by atoms with Gasteiger partial charge in [-0.3, -0.25) is 0 Å². The monoisotopic (exact) mass is 437 g/mol. The van der Waals surface area contributed by atoms with E-state index in [1.807, 2.05) is 29.6 Å². The SMILES string of the molecule is NC(=Nc1cccc2c1CCNC2)c1cccs1.O=C(O)C(=O)O.O=C(O)C(=O)O. The van der Waals surface area contributed by atoms with Gasteiger partial charge in [-0.15, -0.1) is 11.3 Å². The molecule has 0 saturated carbocycles. The summed E-state index contributed by atoms with van der Waals surface area (Å²) in [4.78, 5) is 42.0. The number of carbonyl (C=O) groups is 4. The maximum atomic E-state index is 9.10. The van der Waals surface area contributed by atoms with Gasteiger partial charge in [-0.05, 0) is 41.6 Å². The zero-order chi connectivity index (χ0) is 22.7. The van der Waals surface area contributed by atoms with Crippen LogP contribution in [0.5, 0.6) is 0 Å². The van der Waals surface area contributed by atoms with E-state index in [-0.39, 0.29) is 0 Å². The molecule has 2 heterocycles. The zero-order valence-corrected chi connectivity index (χ0v) is 16.3. The molecule has 0 fully saturated rings. The van der Waals surface area contributed by atoms with Crippen molar-refractivity contribution in [2.24, 2.45) is 10.7 Å². The summed E-state index contributed by atoms with van der Waals surface area (Å²) in [6.07, 6.45) is 1.02. The fraction of sp³-hybridized carbons (Fsp3) is 0.167. The van der Waals surface area contributed by atoms with E-state index in [0.717, 1.165) is 30.1 Å². The number of hydrogen-bond acceptors (Lipinski definition) is 7. The first-order valence-corrected chi connectivity index (χ1v) is 9.13. The Bertz CT molecular complexity index is 893. The molecule has 0 radical (unpaired) electrons. The smallest absolute Gasteiger partial charge is 0.414 e. The van der Waals surface area contributed by atoms with Crippen molar-refractivity contribution in [3.8, 4) is 0 Å². The molecule has 0 atom stereocenters. The first kappa shape index (κ1) is 24.3. The highest BCUT2D eigenvalue weighted by Gasteiger charge is 2.12. The van der Waals surface area contributed by atoms with Gasteiger partial charge < -0.3 is 31.5 Å². The minimum atomic E-state index is -1.82. The number of aliphatic imine (C=N–C) groups is 1. The number of fused-ring (bicyclic) bond motifs is 1. The molecule has 3 rings (SSSR count). The van der Waals surface area contributed by atoms with Crippen molar-refractivity contribution in [1.82, 2.24) is 5.32 Å². The fourth-order valence-corrected chi connectivity index (χ4v) is 2.85. The number of aliphatic carboxylic acids is 4. The maximum Gasteiger partial charge on any atom is 0.414 e. The minimum absolute atomic E-state index is 0.608. The summed E-state index contributed by atoms with van der Waals surface area (Å²) in [5, 5.41) is 35.0. The van der Waals surface area contributed by atoms with E-state index in [1.54, 1.807) is 11.3 Å². The molecule has 1 aromatic heterocycles. The number of rotatable bonds is 2. The average molecular weight is 437 g/mol. The van der Waals surface area contributed by atoms with E-state index < -0.39 is 23.9 Å². The molecule has 0 amide bonds. The van der Waals surface area contributed by atoms with Crippen molar-refractivity contribution >= 4 is 46.7 Å². The van der Waals surface area contributed by atoms with Gasteiger partial charge in [-0.2, -0.15) is 0 Å². The summed E-state index contributed by atoms with van der Waals surface area (Å²) in [6.45, 7) is 1.94. The molecular weight excluding hydrogens is 418 g/mol. The third-order valence-electron chi connectivity index (χ3n) is 3.50. The zero-order valence-electron chi connectivity index (χ0n) is 15.4. The first-order valence-electron chi connectivity index (χ1n) is 8.25. The summed E-state index contributed by atoms with van der Waals surface area (Å²) in [7, 11) is 0. The fourth-order valence-electron chi connectivity index (χ4n) is 2.23. The molecule has 30 heavy (non-hydrogen) atoms. The van der Waals surface area contributed by atoms with Crippen molar-refractivity contribution in [3.63, 3.8) is 0 Å². The topological polar surface area (TPSA) is 200 Å². The Hall–Kier alpha value is -3.77. The maximum absolute atomic E-state index is 9.10. The second kappa shape index (κ2) is 11.9. The molecule has 7 N–H and O–H groups in total. The van der Waals surface area contributed by atoms with Crippen molar-refractivity contribution < 1.29 is 39.6 Å².